The van der Waals surface area contributed by atoms with Gasteiger partial charge in [0.15, 0.2) is 0 Å². The predicted octanol–water partition coefficient (Wildman–Crippen LogP) is 1.06. The topological polar surface area (TPSA) is 63.5 Å². The van der Waals surface area contributed by atoms with Gasteiger partial charge in [0.2, 0.25) is 5.91 Å². The van der Waals surface area contributed by atoms with E-state index >= 15 is 0 Å². The van der Waals surface area contributed by atoms with Crippen molar-refractivity contribution < 1.29 is 9.53 Å². The molecule has 2 aliphatic rings. The first-order valence-electron chi connectivity index (χ1n) is 9.18. The van der Waals surface area contributed by atoms with E-state index in [1.165, 1.54) is 5.56 Å². The molecule has 0 radical (unpaired) electrons. The van der Waals surface area contributed by atoms with E-state index in [0.717, 1.165) is 31.6 Å². The molecule has 2 aromatic rings. The van der Waals surface area contributed by atoms with Crippen LogP contribution in [0.1, 0.15) is 17.5 Å². The van der Waals surface area contributed by atoms with E-state index in [2.05, 4.69) is 15.0 Å². The molecule has 0 bridgehead atoms. The molecule has 0 spiro atoms. The average Bonchev–Trinajstić information content (AvgIpc) is 2.99. The number of hydrogen-bond acceptors (Lipinski definition) is 5. The summed E-state index contributed by atoms with van der Waals surface area (Å²) in [5.41, 5.74) is 2.26. The van der Waals surface area contributed by atoms with Crippen molar-refractivity contribution in [3.8, 4) is 0 Å². The van der Waals surface area contributed by atoms with Gasteiger partial charge in [-0.3, -0.25) is 19.4 Å². The molecule has 0 aliphatic carbocycles. The Labute approximate surface area is 153 Å². The van der Waals surface area contributed by atoms with Crippen molar-refractivity contribution in [2.45, 2.75) is 25.6 Å². The maximum atomic E-state index is 13.0. The largest absolute Gasteiger partial charge is 0.374 e. The summed E-state index contributed by atoms with van der Waals surface area (Å²) in [7, 11) is 1.93. The number of carbonyl (C=O) groups excluding carboxylic acids is 1. The second kappa shape index (κ2) is 7.55. The van der Waals surface area contributed by atoms with Gasteiger partial charge in [-0.05, 0) is 24.6 Å². The zero-order chi connectivity index (χ0) is 17.9. The highest BCUT2D eigenvalue weighted by Crippen LogP contribution is 2.26. The van der Waals surface area contributed by atoms with E-state index in [9.17, 15) is 4.79 Å². The first kappa shape index (κ1) is 17.2. The van der Waals surface area contributed by atoms with Crippen molar-refractivity contribution in [2.75, 3.05) is 26.2 Å². The van der Waals surface area contributed by atoms with Crippen LogP contribution in [0.25, 0.3) is 0 Å². The predicted molar refractivity (Wildman–Crippen MR) is 96.0 cm³/mol. The van der Waals surface area contributed by atoms with Gasteiger partial charge in [0.25, 0.3) is 0 Å². The van der Waals surface area contributed by atoms with Gasteiger partial charge in [0.05, 0.1) is 24.8 Å². The van der Waals surface area contributed by atoms with Crippen molar-refractivity contribution in [1.29, 1.82) is 0 Å². The summed E-state index contributed by atoms with van der Waals surface area (Å²) < 4.78 is 7.90. The lowest BCUT2D eigenvalue weighted by Gasteiger charge is -2.37. The Kier molecular flexibility index (Phi) is 4.99. The third-order valence-electron chi connectivity index (χ3n) is 5.23. The van der Waals surface area contributed by atoms with Gasteiger partial charge in [-0.1, -0.05) is 6.07 Å². The van der Waals surface area contributed by atoms with Crippen molar-refractivity contribution in [3.05, 3.63) is 48.0 Å². The molecule has 2 atom stereocenters. The second-order valence-electron chi connectivity index (χ2n) is 7.18. The molecule has 4 heterocycles. The number of piperidine rings is 1. The van der Waals surface area contributed by atoms with E-state index in [-0.39, 0.29) is 17.9 Å². The number of amides is 1. The number of aryl methyl sites for hydroxylation is 1. The summed E-state index contributed by atoms with van der Waals surface area (Å²) in [5, 5.41) is 4.23. The molecule has 7 nitrogen and oxygen atoms in total. The van der Waals surface area contributed by atoms with Gasteiger partial charge in [-0.15, -0.1) is 0 Å². The average molecular weight is 355 g/mol. The molecule has 0 N–H and O–H groups in total. The molecular formula is C19H25N5O2. The van der Waals surface area contributed by atoms with Crippen LogP contribution in [0.15, 0.2) is 36.9 Å². The molecular weight excluding hydrogens is 330 g/mol. The fourth-order valence-corrected chi connectivity index (χ4v) is 3.92. The summed E-state index contributed by atoms with van der Waals surface area (Å²) >= 11 is 0. The molecule has 2 aliphatic heterocycles. The number of carbonyl (C=O) groups is 1. The number of ether oxygens (including phenoxy) is 1. The zero-order valence-corrected chi connectivity index (χ0v) is 15.1. The minimum Gasteiger partial charge on any atom is -0.374 e. The van der Waals surface area contributed by atoms with Crippen LogP contribution in [0, 0.1) is 5.92 Å². The summed E-state index contributed by atoms with van der Waals surface area (Å²) in [6.45, 7) is 4.40. The molecule has 0 saturated carbocycles. The molecule has 2 fully saturated rings. The van der Waals surface area contributed by atoms with Crippen LogP contribution in [-0.4, -0.2) is 62.8 Å². The first-order chi connectivity index (χ1) is 12.7. The number of likely N-dealkylation sites (tertiary alicyclic amines) is 1. The van der Waals surface area contributed by atoms with Gasteiger partial charge >= 0.3 is 0 Å². The lowest BCUT2D eigenvalue weighted by molar-refractivity contribution is -0.139. The third-order valence-corrected chi connectivity index (χ3v) is 5.23. The molecule has 2 saturated heterocycles. The lowest BCUT2D eigenvalue weighted by Crippen LogP contribution is -2.48. The number of pyridine rings is 1. The van der Waals surface area contributed by atoms with Crippen molar-refractivity contribution in [3.63, 3.8) is 0 Å². The van der Waals surface area contributed by atoms with Crippen LogP contribution in [0.2, 0.25) is 0 Å². The molecule has 0 unspecified atom stereocenters. The number of rotatable bonds is 4. The molecule has 0 aromatic carbocycles. The standard InChI is InChI=1S/C19H25N5O2/c1-22-11-16(10-21-22)12-23-6-4-17-18(14-23)26-8-7-24(19(17)25)13-15-3-2-5-20-9-15/h2-3,5,9-11,17-18H,4,6-8,12-14H2,1H3/t17-,18+/m1/s1. The van der Waals surface area contributed by atoms with E-state index in [4.69, 9.17) is 4.74 Å². The first-order valence-corrected chi connectivity index (χ1v) is 9.18. The summed E-state index contributed by atoms with van der Waals surface area (Å²) in [5.74, 6) is 0.178. The second-order valence-corrected chi connectivity index (χ2v) is 7.18. The quantitative estimate of drug-likeness (QED) is 0.821. The van der Waals surface area contributed by atoms with Crippen LogP contribution in [-0.2, 0) is 29.7 Å². The van der Waals surface area contributed by atoms with Crippen LogP contribution in [0.5, 0.6) is 0 Å². The fourth-order valence-electron chi connectivity index (χ4n) is 3.92. The molecule has 4 rings (SSSR count). The monoisotopic (exact) mass is 355 g/mol. The highest BCUT2D eigenvalue weighted by atomic mass is 16.5. The van der Waals surface area contributed by atoms with Crippen molar-refractivity contribution >= 4 is 5.91 Å². The zero-order valence-electron chi connectivity index (χ0n) is 15.1. The van der Waals surface area contributed by atoms with Crippen LogP contribution in [0.4, 0.5) is 0 Å². The number of hydrogen-bond donors (Lipinski definition) is 0. The Morgan fingerprint density at radius 1 is 1.23 bits per heavy atom. The van der Waals surface area contributed by atoms with E-state index in [1.54, 1.807) is 6.20 Å². The summed E-state index contributed by atoms with van der Waals surface area (Å²) in [4.78, 5) is 21.5. The maximum absolute atomic E-state index is 13.0. The minimum absolute atomic E-state index is 0.0215. The Balaban J connectivity index is 1.40. The highest BCUT2D eigenvalue weighted by molar-refractivity contribution is 5.80. The molecule has 2 aromatic heterocycles. The van der Waals surface area contributed by atoms with Crippen molar-refractivity contribution in [2.24, 2.45) is 13.0 Å². The Bertz CT molecular complexity index is 747. The summed E-state index contributed by atoms with van der Waals surface area (Å²) in [6, 6.07) is 3.92. The number of fused-ring (bicyclic) bond motifs is 1. The Morgan fingerprint density at radius 2 is 2.15 bits per heavy atom. The molecule has 7 heteroatoms. The molecule has 1 amide bonds. The number of nitrogens with zero attached hydrogens (tertiary/aromatic N) is 5. The van der Waals surface area contributed by atoms with Gasteiger partial charge in [-0.25, -0.2) is 0 Å². The third kappa shape index (κ3) is 3.78. The Morgan fingerprint density at radius 3 is 2.92 bits per heavy atom. The lowest BCUT2D eigenvalue weighted by atomic mass is 9.92. The van der Waals surface area contributed by atoms with Gasteiger partial charge in [-0.2, -0.15) is 5.10 Å². The maximum Gasteiger partial charge on any atom is 0.228 e. The fraction of sp³-hybridized carbons (Fsp3) is 0.526. The van der Waals surface area contributed by atoms with Crippen LogP contribution in [0.3, 0.4) is 0 Å². The molecule has 26 heavy (non-hydrogen) atoms. The van der Waals surface area contributed by atoms with Gasteiger partial charge in [0.1, 0.15) is 0 Å². The van der Waals surface area contributed by atoms with Gasteiger partial charge < -0.3 is 9.64 Å². The normalized spacial score (nSPS) is 24.3. The Hall–Kier alpha value is -2.25. The SMILES string of the molecule is Cn1cc(CN2CC[C@H]3C(=O)N(Cc4cccnc4)CCO[C@H]3C2)cn1. The highest BCUT2D eigenvalue weighted by Gasteiger charge is 2.39. The molecule has 138 valence electrons. The van der Waals surface area contributed by atoms with E-state index < -0.39 is 0 Å². The van der Waals surface area contributed by atoms with Crippen LogP contribution >= 0.6 is 0 Å². The number of aromatic nitrogens is 3. The van der Waals surface area contributed by atoms with E-state index in [0.29, 0.717) is 19.7 Å². The van der Waals surface area contributed by atoms with E-state index in [1.807, 2.05) is 47.4 Å². The van der Waals surface area contributed by atoms with Crippen LogP contribution < -0.4 is 0 Å². The van der Waals surface area contributed by atoms with Crippen molar-refractivity contribution in [1.82, 2.24) is 24.6 Å². The minimum atomic E-state index is -0.0423. The summed E-state index contributed by atoms with van der Waals surface area (Å²) in [6.07, 6.45) is 8.35. The smallest absolute Gasteiger partial charge is 0.228 e. The van der Waals surface area contributed by atoms with Gasteiger partial charge in [0, 0.05) is 57.4 Å².